The Hall–Kier alpha value is -3.77. The van der Waals surface area contributed by atoms with Crippen LogP contribution < -0.4 is 5.32 Å². The minimum Gasteiger partial charge on any atom is -0.502 e. The Balaban J connectivity index is 1.67. The van der Waals surface area contributed by atoms with E-state index in [-0.39, 0.29) is 15.4 Å². The Morgan fingerprint density at radius 3 is 2.47 bits per heavy atom. The molecule has 1 aliphatic rings. The maximum absolute atomic E-state index is 14.0. The Kier molecular flexibility index (Phi) is 6.11. The number of thioether (sulfide) groups is 1. The van der Waals surface area contributed by atoms with Crippen molar-refractivity contribution in [1.29, 1.82) is 0 Å². The molecule has 0 aromatic heterocycles. The summed E-state index contributed by atoms with van der Waals surface area (Å²) < 4.78 is 53.6. The molecule has 0 aliphatic carbocycles. The average Bonchev–Trinajstić information content (AvgIpc) is 2.77. The van der Waals surface area contributed by atoms with Crippen LogP contribution in [0, 0.1) is 21.7 Å². The third-order valence-corrected chi connectivity index (χ3v) is 7.62. The van der Waals surface area contributed by atoms with E-state index in [1.807, 2.05) is 0 Å². The van der Waals surface area contributed by atoms with Crippen LogP contribution in [0.3, 0.4) is 0 Å². The summed E-state index contributed by atoms with van der Waals surface area (Å²) in [4.78, 5) is 23.0. The first-order valence-corrected chi connectivity index (χ1v) is 12.0. The number of carbonyl (C=O) groups is 1. The van der Waals surface area contributed by atoms with Crippen molar-refractivity contribution in [2.75, 3.05) is 5.32 Å². The summed E-state index contributed by atoms with van der Waals surface area (Å²) in [6.45, 7) is 0. The van der Waals surface area contributed by atoms with Crippen LogP contribution in [0.25, 0.3) is 6.08 Å². The van der Waals surface area contributed by atoms with Crippen LogP contribution in [0.15, 0.2) is 69.3 Å². The standard InChI is InChI=1S/C22H14F2N2O6S2/c23-15-2-1-3-16(24)14(15)11-34(31,32)13-5-6-17-20(10-13)33-21(22(28)25-17)9-12-4-7-19(27)18(8-12)26(29)30/h1-10,27H,11H2,(H,25,28)/b21-9+. The molecule has 3 aromatic carbocycles. The third-order valence-electron chi connectivity index (χ3n) is 4.89. The lowest BCUT2D eigenvalue weighted by molar-refractivity contribution is -0.385. The van der Waals surface area contributed by atoms with Crippen molar-refractivity contribution < 1.29 is 32.0 Å². The fourth-order valence-corrected chi connectivity index (χ4v) is 5.66. The summed E-state index contributed by atoms with van der Waals surface area (Å²) in [6.07, 6.45) is 1.35. The molecule has 1 amide bonds. The highest BCUT2D eigenvalue weighted by atomic mass is 32.2. The largest absolute Gasteiger partial charge is 0.502 e. The van der Waals surface area contributed by atoms with Gasteiger partial charge >= 0.3 is 5.69 Å². The molecular formula is C22H14F2N2O6S2. The fraction of sp³-hybridized carbons (Fsp3) is 0.0455. The van der Waals surface area contributed by atoms with E-state index in [0.29, 0.717) is 10.6 Å². The number of sulfone groups is 1. The summed E-state index contributed by atoms with van der Waals surface area (Å²) in [6, 6.07) is 10.5. The number of phenolic OH excluding ortho intramolecular Hbond substituents is 1. The number of hydrogen-bond acceptors (Lipinski definition) is 7. The van der Waals surface area contributed by atoms with Gasteiger partial charge in [0.15, 0.2) is 15.6 Å². The lowest BCUT2D eigenvalue weighted by Crippen LogP contribution is -2.18. The maximum Gasteiger partial charge on any atom is 0.311 e. The van der Waals surface area contributed by atoms with Crippen molar-refractivity contribution in [3.05, 3.63) is 92.4 Å². The number of benzene rings is 3. The van der Waals surface area contributed by atoms with Crippen molar-refractivity contribution in [2.24, 2.45) is 0 Å². The summed E-state index contributed by atoms with van der Waals surface area (Å²) in [5, 5.41) is 23.2. The molecule has 0 bridgehead atoms. The molecule has 0 saturated carbocycles. The van der Waals surface area contributed by atoms with Crippen LogP contribution in [-0.4, -0.2) is 24.4 Å². The van der Waals surface area contributed by atoms with Crippen molar-refractivity contribution in [3.63, 3.8) is 0 Å². The second-order valence-electron chi connectivity index (χ2n) is 7.19. The molecule has 0 saturated heterocycles. The molecule has 34 heavy (non-hydrogen) atoms. The van der Waals surface area contributed by atoms with E-state index < -0.39 is 55.1 Å². The first-order chi connectivity index (χ1) is 16.0. The quantitative estimate of drug-likeness (QED) is 0.294. The number of nitrogens with zero attached hydrogens (tertiary/aromatic N) is 1. The number of anilines is 1. The number of nitro benzene ring substituents is 1. The van der Waals surface area contributed by atoms with Gasteiger partial charge in [-0.25, -0.2) is 17.2 Å². The second-order valence-corrected chi connectivity index (χ2v) is 10.3. The van der Waals surface area contributed by atoms with Crippen molar-refractivity contribution >= 4 is 45.0 Å². The monoisotopic (exact) mass is 504 g/mol. The van der Waals surface area contributed by atoms with Crippen molar-refractivity contribution in [1.82, 2.24) is 0 Å². The molecular weight excluding hydrogens is 490 g/mol. The Morgan fingerprint density at radius 2 is 1.79 bits per heavy atom. The number of aromatic hydroxyl groups is 1. The minimum absolute atomic E-state index is 0.113. The summed E-state index contributed by atoms with van der Waals surface area (Å²) in [7, 11) is -4.13. The van der Waals surface area contributed by atoms with E-state index in [2.05, 4.69) is 5.32 Å². The summed E-state index contributed by atoms with van der Waals surface area (Å²) >= 11 is 0.925. The number of rotatable bonds is 5. The lowest BCUT2D eigenvalue weighted by Gasteiger charge is -2.19. The second kappa shape index (κ2) is 8.88. The predicted octanol–water partition coefficient (Wildman–Crippen LogP) is 4.64. The first kappa shape index (κ1) is 23.4. The van der Waals surface area contributed by atoms with E-state index >= 15 is 0 Å². The smallest absolute Gasteiger partial charge is 0.311 e. The molecule has 0 radical (unpaired) electrons. The van der Waals surface area contributed by atoms with Gasteiger partial charge in [0, 0.05) is 16.5 Å². The molecule has 0 unspecified atom stereocenters. The summed E-state index contributed by atoms with van der Waals surface area (Å²) in [5.41, 5.74) is -0.510. The number of halogens is 2. The van der Waals surface area contributed by atoms with E-state index in [1.165, 1.54) is 30.3 Å². The van der Waals surface area contributed by atoms with Crippen LogP contribution in [0.4, 0.5) is 20.2 Å². The number of phenols is 1. The molecule has 12 heteroatoms. The van der Waals surface area contributed by atoms with Gasteiger partial charge < -0.3 is 10.4 Å². The summed E-state index contributed by atoms with van der Waals surface area (Å²) in [5.74, 6) is -3.88. The van der Waals surface area contributed by atoms with Gasteiger partial charge in [-0.2, -0.15) is 0 Å². The van der Waals surface area contributed by atoms with Gasteiger partial charge in [-0.3, -0.25) is 14.9 Å². The van der Waals surface area contributed by atoms with Crippen LogP contribution in [0.1, 0.15) is 11.1 Å². The number of amides is 1. The third kappa shape index (κ3) is 4.63. The topological polar surface area (TPSA) is 127 Å². The van der Waals surface area contributed by atoms with Gasteiger partial charge in [-0.15, -0.1) is 0 Å². The predicted molar refractivity (Wildman–Crippen MR) is 121 cm³/mol. The normalized spacial score (nSPS) is 14.5. The van der Waals surface area contributed by atoms with Gasteiger partial charge in [-0.1, -0.05) is 23.9 Å². The Bertz CT molecular complexity index is 1470. The molecule has 4 rings (SSSR count). The van der Waals surface area contributed by atoms with Crippen molar-refractivity contribution in [2.45, 2.75) is 15.5 Å². The number of nitro groups is 1. The molecule has 174 valence electrons. The van der Waals surface area contributed by atoms with Crippen LogP contribution in [0.5, 0.6) is 5.75 Å². The molecule has 0 atom stereocenters. The Morgan fingerprint density at radius 1 is 1.09 bits per heavy atom. The lowest BCUT2D eigenvalue weighted by atomic mass is 10.1. The van der Waals surface area contributed by atoms with Gasteiger partial charge in [-0.05, 0) is 48.0 Å². The number of nitrogens with one attached hydrogen (secondary N) is 1. The van der Waals surface area contributed by atoms with Gasteiger partial charge in [0.2, 0.25) is 0 Å². The molecule has 8 nitrogen and oxygen atoms in total. The highest BCUT2D eigenvalue weighted by Gasteiger charge is 2.26. The van der Waals surface area contributed by atoms with E-state index in [1.54, 1.807) is 0 Å². The molecule has 1 aliphatic heterocycles. The van der Waals surface area contributed by atoms with Gasteiger partial charge in [0.05, 0.1) is 26.2 Å². The number of fused-ring (bicyclic) bond motifs is 1. The zero-order valence-electron chi connectivity index (χ0n) is 17.0. The first-order valence-electron chi connectivity index (χ1n) is 9.53. The fourth-order valence-electron chi connectivity index (χ4n) is 3.20. The SMILES string of the molecule is O=C1Nc2ccc(S(=O)(=O)Cc3c(F)cccc3F)cc2S/C1=C/c1ccc(O)c([N+](=O)[O-])c1. The van der Waals surface area contributed by atoms with Gasteiger partial charge in [0.1, 0.15) is 11.6 Å². The Labute approximate surface area is 196 Å². The molecule has 0 fully saturated rings. The van der Waals surface area contributed by atoms with Crippen LogP contribution in [-0.2, 0) is 20.4 Å². The maximum atomic E-state index is 14.0. The number of carbonyl (C=O) groups excluding carboxylic acids is 1. The van der Waals surface area contributed by atoms with Crippen LogP contribution >= 0.6 is 11.8 Å². The van der Waals surface area contributed by atoms with E-state index in [4.69, 9.17) is 0 Å². The van der Waals surface area contributed by atoms with E-state index in [0.717, 1.165) is 42.1 Å². The zero-order chi connectivity index (χ0) is 24.6. The minimum atomic E-state index is -4.13. The zero-order valence-corrected chi connectivity index (χ0v) is 18.6. The highest BCUT2D eigenvalue weighted by Crippen LogP contribution is 2.41. The average molecular weight is 504 g/mol. The molecule has 3 aromatic rings. The van der Waals surface area contributed by atoms with Crippen LogP contribution in [0.2, 0.25) is 0 Å². The molecule has 1 heterocycles. The number of hydrogen-bond donors (Lipinski definition) is 2. The molecule has 0 spiro atoms. The van der Waals surface area contributed by atoms with Crippen molar-refractivity contribution in [3.8, 4) is 5.75 Å². The molecule has 2 N–H and O–H groups in total. The highest BCUT2D eigenvalue weighted by molar-refractivity contribution is 8.04. The van der Waals surface area contributed by atoms with Gasteiger partial charge in [0.25, 0.3) is 5.91 Å². The van der Waals surface area contributed by atoms with E-state index in [9.17, 15) is 37.2 Å².